The van der Waals surface area contributed by atoms with Crippen molar-refractivity contribution in [3.05, 3.63) is 0 Å². The summed E-state index contributed by atoms with van der Waals surface area (Å²) in [5, 5.41) is 0. The highest BCUT2D eigenvalue weighted by atomic mass is 16.5. The first kappa shape index (κ1) is 16.6. The van der Waals surface area contributed by atoms with Crippen LogP contribution in [0.4, 0.5) is 0 Å². The summed E-state index contributed by atoms with van der Waals surface area (Å²) in [5.74, 6) is 6.39. The van der Waals surface area contributed by atoms with Crippen LogP contribution in [0.5, 0.6) is 0 Å². The molecule has 0 bridgehead atoms. The minimum atomic E-state index is -0.330. The van der Waals surface area contributed by atoms with E-state index in [0.29, 0.717) is 23.0 Å². The second-order valence-electron chi connectivity index (χ2n) is 9.62. The molecule has 0 N–H and O–H groups in total. The highest BCUT2D eigenvalue weighted by molar-refractivity contribution is 5.87. The first-order chi connectivity index (χ1) is 11.4. The maximum absolute atomic E-state index is 12.5. The number of methoxy groups -OCH3 is 1. The fourth-order valence-corrected chi connectivity index (χ4v) is 7.38. The zero-order valence-corrected chi connectivity index (χ0v) is 15.6. The molecule has 0 spiro atoms. The second kappa shape index (κ2) is 5.34. The summed E-state index contributed by atoms with van der Waals surface area (Å²) in [6.45, 7) is 4.80. The van der Waals surface area contributed by atoms with Gasteiger partial charge in [0.15, 0.2) is 0 Å². The van der Waals surface area contributed by atoms with Crippen molar-refractivity contribution in [3.8, 4) is 12.3 Å². The molecular formula is C22H32O2. The average Bonchev–Trinajstić information content (AvgIpc) is 2.90. The van der Waals surface area contributed by atoms with Gasteiger partial charge in [-0.3, -0.25) is 4.79 Å². The first-order valence-electron chi connectivity index (χ1n) is 9.95. The number of carbonyl (C=O) groups is 1. The minimum absolute atomic E-state index is 0.00582. The largest absolute Gasteiger partial charge is 0.366 e. The molecule has 0 aromatic rings. The van der Waals surface area contributed by atoms with Gasteiger partial charge in [-0.1, -0.05) is 19.8 Å². The van der Waals surface area contributed by atoms with Crippen molar-refractivity contribution in [3.63, 3.8) is 0 Å². The SMILES string of the molecule is C#CC1(OC)CC[C@@]2(C)[C@@H](CC[C@@H]3[C@@H]2CC[C@]2(C)C(=O)CC[C@@H]32)C1. The van der Waals surface area contributed by atoms with Gasteiger partial charge in [-0.05, 0) is 80.5 Å². The number of rotatable bonds is 1. The molecule has 4 aliphatic carbocycles. The Bertz CT molecular complexity index is 589. The molecule has 4 saturated carbocycles. The lowest BCUT2D eigenvalue weighted by Crippen LogP contribution is -2.56. The van der Waals surface area contributed by atoms with Gasteiger partial charge < -0.3 is 4.74 Å². The van der Waals surface area contributed by atoms with Crippen molar-refractivity contribution in [2.45, 2.75) is 77.2 Å². The van der Waals surface area contributed by atoms with Crippen molar-refractivity contribution in [2.24, 2.45) is 34.5 Å². The Morgan fingerprint density at radius 3 is 2.58 bits per heavy atom. The smallest absolute Gasteiger partial charge is 0.139 e. The fraction of sp³-hybridized carbons (Fsp3) is 0.864. The topological polar surface area (TPSA) is 26.3 Å². The molecule has 0 radical (unpaired) electrons. The average molecular weight is 328 g/mol. The van der Waals surface area contributed by atoms with Gasteiger partial charge in [-0.15, -0.1) is 6.42 Å². The zero-order chi connectivity index (χ0) is 17.2. The molecule has 0 saturated heterocycles. The Morgan fingerprint density at radius 2 is 1.88 bits per heavy atom. The van der Waals surface area contributed by atoms with Crippen molar-refractivity contribution >= 4 is 5.78 Å². The van der Waals surface area contributed by atoms with E-state index in [2.05, 4.69) is 19.8 Å². The first-order valence-corrected chi connectivity index (χ1v) is 9.95. The summed E-state index contributed by atoms with van der Waals surface area (Å²) in [6, 6.07) is 0. The molecule has 2 heteroatoms. The third-order valence-electron chi connectivity index (χ3n) is 9.07. The molecular weight excluding hydrogens is 296 g/mol. The van der Waals surface area contributed by atoms with Crippen LogP contribution in [0, 0.1) is 46.8 Å². The molecule has 0 aromatic carbocycles. The van der Waals surface area contributed by atoms with E-state index in [1.54, 1.807) is 7.11 Å². The lowest BCUT2D eigenvalue weighted by molar-refractivity contribution is -0.149. The molecule has 7 atom stereocenters. The van der Waals surface area contributed by atoms with E-state index >= 15 is 0 Å². The summed E-state index contributed by atoms with van der Waals surface area (Å²) < 4.78 is 5.78. The summed E-state index contributed by atoms with van der Waals surface area (Å²) in [4.78, 5) is 12.5. The maximum Gasteiger partial charge on any atom is 0.139 e. The van der Waals surface area contributed by atoms with E-state index in [1.807, 2.05) is 0 Å². The van der Waals surface area contributed by atoms with Gasteiger partial charge in [0.05, 0.1) is 0 Å². The van der Waals surface area contributed by atoms with Gasteiger partial charge >= 0.3 is 0 Å². The molecule has 1 unspecified atom stereocenters. The quantitative estimate of drug-likeness (QED) is 0.657. The number of carbonyl (C=O) groups excluding carboxylic acids is 1. The van der Waals surface area contributed by atoms with Crippen LogP contribution >= 0.6 is 0 Å². The molecule has 0 aromatic heterocycles. The molecule has 0 aliphatic heterocycles. The summed E-state index contributed by atoms with van der Waals surface area (Å²) >= 11 is 0. The van der Waals surface area contributed by atoms with Crippen molar-refractivity contribution in [1.29, 1.82) is 0 Å². The van der Waals surface area contributed by atoms with E-state index in [-0.39, 0.29) is 11.0 Å². The van der Waals surface area contributed by atoms with Crippen molar-refractivity contribution in [2.75, 3.05) is 7.11 Å². The summed E-state index contributed by atoms with van der Waals surface area (Å²) in [5.41, 5.74) is 0.0619. The van der Waals surface area contributed by atoms with Gasteiger partial charge in [0.25, 0.3) is 0 Å². The predicted octanol–water partition coefficient (Wildman–Crippen LogP) is 4.62. The number of terminal acetylenes is 1. The van der Waals surface area contributed by atoms with E-state index in [9.17, 15) is 4.79 Å². The molecule has 2 nitrogen and oxygen atoms in total. The Morgan fingerprint density at radius 1 is 1.08 bits per heavy atom. The van der Waals surface area contributed by atoms with Crippen LogP contribution in [0.15, 0.2) is 0 Å². The molecule has 4 rings (SSSR count). The van der Waals surface area contributed by atoms with Crippen LogP contribution in [-0.4, -0.2) is 18.5 Å². The number of fused-ring (bicyclic) bond motifs is 5. The third-order valence-corrected chi connectivity index (χ3v) is 9.07. The minimum Gasteiger partial charge on any atom is -0.366 e. The van der Waals surface area contributed by atoms with Crippen LogP contribution in [0.1, 0.15) is 71.6 Å². The zero-order valence-electron chi connectivity index (χ0n) is 15.6. The molecule has 132 valence electrons. The molecule has 4 aliphatic rings. The second-order valence-corrected chi connectivity index (χ2v) is 9.62. The highest BCUT2D eigenvalue weighted by Crippen LogP contribution is 2.66. The molecule has 24 heavy (non-hydrogen) atoms. The van der Waals surface area contributed by atoms with Gasteiger partial charge in [0.2, 0.25) is 0 Å². The lowest BCUT2D eigenvalue weighted by atomic mass is 9.44. The number of hydrogen-bond acceptors (Lipinski definition) is 2. The number of ketones is 1. The van der Waals surface area contributed by atoms with E-state index in [1.165, 1.54) is 25.7 Å². The van der Waals surface area contributed by atoms with Gasteiger partial charge in [-0.25, -0.2) is 0 Å². The number of hydrogen-bond donors (Lipinski definition) is 0. The molecule has 4 fully saturated rings. The van der Waals surface area contributed by atoms with Gasteiger partial charge in [-0.2, -0.15) is 0 Å². The van der Waals surface area contributed by atoms with E-state index < -0.39 is 0 Å². The number of ether oxygens (including phenoxy) is 1. The van der Waals surface area contributed by atoms with Crippen LogP contribution in [-0.2, 0) is 9.53 Å². The predicted molar refractivity (Wildman–Crippen MR) is 95.3 cm³/mol. The molecule has 0 heterocycles. The lowest BCUT2D eigenvalue weighted by Gasteiger charge is -2.61. The third kappa shape index (κ3) is 2.03. The Labute approximate surface area is 147 Å². The van der Waals surface area contributed by atoms with Crippen molar-refractivity contribution < 1.29 is 9.53 Å². The Hall–Kier alpha value is -0.810. The van der Waals surface area contributed by atoms with Crippen LogP contribution in [0.3, 0.4) is 0 Å². The van der Waals surface area contributed by atoms with Gasteiger partial charge in [0.1, 0.15) is 11.4 Å². The van der Waals surface area contributed by atoms with Crippen LogP contribution < -0.4 is 0 Å². The normalized spacial score (nSPS) is 53.7. The summed E-state index contributed by atoms with van der Waals surface area (Å²) in [7, 11) is 1.78. The van der Waals surface area contributed by atoms with E-state index in [4.69, 9.17) is 11.2 Å². The maximum atomic E-state index is 12.5. The Kier molecular flexibility index (Phi) is 3.70. The van der Waals surface area contributed by atoms with Gasteiger partial charge in [0, 0.05) is 18.9 Å². The summed E-state index contributed by atoms with van der Waals surface area (Å²) in [6.07, 6.45) is 15.9. The number of Topliss-reactive ketones (excluding diaryl/α,β-unsaturated/α-hetero) is 1. The Balaban J connectivity index is 1.61. The van der Waals surface area contributed by atoms with Crippen LogP contribution in [0.25, 0.3) is 0 Å². The van der Waals surface area contributed by atoms with E-state index in [0.717, 1.165) is 43.9 Å². The monoisotopic (exact) mass is 328 g/mol. The molecule has 0 amide bonds. The fourth-order valence-electron chi connectivity index (χ4n) is 7.38. The standard InChI is InChI=1S/C22H32O2/c1-5-22(24-4)13-12-20(2)15(14-22)6-7-16-17-8-9-19(23)21(17,3)11-10-18(16)20/h1,15-18H,6-14H2,2-4H3/t15-,16-,17-,18-,20-,21-,22?/m0/s1. The van der Waals surface area contributed by atoms with Crippen LogP contribution in [0.2, 0.25) is 0 Å². The highest BCUT2D eigenvalue weighted by Gasteiger charge is 2.61. The van der Waals surface area contributed by atoms with Crippen molar-refractivity contribution in [1.82, 2.24) is 0 Å².